The Balaban J connectivity index is 1.14. The molecule has 2 amide bonds. The van der Waals surface area contributed by atoms with E-state index < -0.39 is 0 Å². The third-order valence-electron chi connectivity index (χ3n) is 7.46. The molecule has 1 aliphatic heterocycles. The number of amides is 2. The molecular weight excluding hydrogens is 444 g/mol. The van der Waals surface area contributed by atoms with Crippen LogP contribution in [0, 0.1) is 35.5 Å². The second-order valence-electron chi connectivity index (χ2n) is 9.08. The Morgan fingerprint density at radius 3 is 2.36 bits per heavy atom. The highest BCUT2D eigenvalue weighted by Gasteiger charge is 2.67. The average Bonchev–Trinajstić information content (AvgIpc) is 3.61. The maximum absolute atomic E-state index is 13.2. The number of methoxy groups -OCH3 is 1. The van der Waals surface area contributed by atoms with Crippen LogP contribution in [0.1, 0.15) is 16.8 Å². The lowest BCUT2D eigenvalue weighted by molar-refractivity contribution is -0.124. The zero-order chi connectivity index (χ0) is 22.9. The van der Waals surface area contributed by atoms with Crippen LogP contribution in [0.3, 0.4) is 0 Å². The summed E-state index contributed by atoms with van der Waals surface area (Å²) in [6, 6.07) is 7.98. The number of nitrogens with zero attached hydrogens (tertiary/aromatic N) is 2. The number of Topliss-reactive ketones (excluding diaryl/α,β-unsaturated/α-hetero) is 1. The van der Waals surface area contributed by atoms with Gasteiger partial charge in [0.2, 0.25) is 11.8 Å². The molecule has 2 aromatic rings. The van der Waals surface area contributed by atoms with Crippen LogP contribution < -0.4 is 14.4 Å². The second-order valence-corrected chi connectivity index (χ2v) is 9.49. The van der Waals surface area contributed by atoms with E-state index in [9.17, 15) is 14.4 Å². The van der Waals surface area contributed by atoms with Crippen molar-refractivity contribution in [1.82, 2.24) is 4.98 Å². The van der Waals surface area contributed by atoms with E-state index in [0.717, 1.165) is 6.42 Å². The van der Waals surface area contributed by atoms with E-state index in [4.69, 9.17) is 21.1 Å². The normalized spacial score (nSPS) is 30.8. The van der Waals surface area contributed by atoms with Crippen molar-refractivity contribution in [3.63, 3.8) is 0 Å². The first kappa shape index (κ1) is 20.4. The largest absolute Gasteiger partial charge is 0.495 e. The molecule has 6 atom stereocenters. The molecule has 1 saturated heterocycles. The Kier molecular flexibility index (Phi) is 4.59. The van der Waals surface area contributed by atoms with Crippen molar-refractivity contribution in [2.75, 3.05) is 18.6 Å². The van der Waals surface area contributed by atoms with E-state index in [1.807, 2.05) is 0 Å². The molecule has 0 N–H and O–H groups in total. The summed E-state index contributed by atoms with van der Waals surface area (Å²) in [4.78, 5) is 44.3. The molecule has 0 spiro atoms. The molecule has 0 radical (unpaired) electrons. The number of rotatable bonds is 6. The lowest BCUT2D eigenvalue weighted by Crippen LogP contribution is -2.40. The molecule has 1 aromatic carbocycles. The molecule has 8 heteroatoms. The number of benzene rings is 1. The van der Waals surface area contributed by atoms with Crippen molar-refractivity contribution in [1.29, 1.82) is 0 Å². The summed E-state index contributed by atoms with van der Waals surface area (Å²) >= 11 is 6.08. The van der Waals surface area contributed by atoms with Crippen LogP contribution in [0.5, 0.6) is 11.5 Å². The Morgan fingerprint density at radius 2 is 1.79 bits per heavy atom. The summed E-state index contributed by atoms with van der Waals surface area (Å²) < 4.78 is 10.7. The van der Waals surface area contributed by atoms with Crippen molar-refractivity contribution in [2.45, 2.75) is 6.42 Å². The number of allylic oxidation sites excluding steroid dienone is 2. The van der Waals surface area contributed by atoms with E-state index in [1.165, 1.54) is 24.3 Å². The highest BCUT2D eigenvalue weighted by molar-refractivity contribution is 6.32. The number of anilines is 1. The molecule has 3 fully saturated rings. The molecule has 2 bridgehead atoms. The summed E-state index contributed by atoms with van der Waals surface area (Å²) in [5.41, 5.74) is 0.405. The molecule has 33 heavy (non-hydrogen) atoms. The summed E-state index contributed by atoms with van der Waals surface area (Å²) in [6.45, 7) is -0.201. The number of aromatic nitrogens is 1. The first-order chi connectivity index (χ1) is 16.0. The van der Waals surface area contributed by atoms with E-state index >= 15 is 0 Å². The number of halogens is 1. The second kappa shape index (κ2) is 7.42. The van der Waals surface area contributed by atoms with Crippen molar-refractivity contribution >= 4 is 35.0 Å². The van der Waals surface area contributed by atoms with Crippen LogP contribution in [-0.4, -0.2) is 36.3 Å². The number of hydrogen-bond donors (Lipinski definition) is 0. The molecule has 2 heterocycles. The smallest absolute Gasteiger partial charge is 0.239 e. The van der Waals surface area contributed by atoms with E-state index in [-0.39, 0.29) is 47.9 Å². The van der Waals surface area contributed by atoms with Gasteiger partial charge in [-0.25, -0.2) is 9.88 Å². The molecule has 4 aliphatic carbocycles. The van der Waals surface area contributed by atoms with E-state index in [2.05, 4.69) is 17.1 Å². The topological polar surface area (TPSA) is 85.8 Å². The summed E-state index contributed by atoms with van der Waals surface area (Å²) in [5, 5.41) is 0.343. The van der Waals surface area contributed by atoms with E-state index in [0.29, 0.717) is 39.7 Å². The maximum atomic E-state index is 13.2. The highest BCUT2D eigenvalue weighted by Crippen LogP contribution is 2.65. The van der Waals surface area contributed by atoms with Gasteiger partial charge in [-0.05, 0) is 60.4 Å². The molecule has 1 aromatic heterocycles. The monoisotopic (exact) mass is 464 g/mol. The van der Waals surface area contributed by atoms with Crippen molar-refractivity contribution in [3.8, 4) is 11.5 Å². The molecule has 168 valence electrons. The molecule has 7 nitrogen and oxygen atoms in total. The van der Waals surface area contributed by atoms with Gasteiger partial charge in [0.25, 0.3) is 0 Å². The number of pyridine rings is 1. The Bertz CT molecular complexity index is 1170. The Labute approximate surface area is 195 Å². The van der Waals surface area contributed by atoms with Crippen molar-refractivity contribution < 1.29 is 23.9 Å². The Morgan fingerprint density at radius 1 is 1.09 bits per heavy atom. The van der Waals surface area contributed by atoms with Gasteiger partial charge in [-0.3, -0.25) is 14.4 Å². The van der Waals surface area contributed by atoms with Crippen LogP contribution in [0.4, 0.5) is 5.82 Å². The predicted molar refractivity (Wildman–Crippen MR) is 119 cm³/mol. The highest BCUT2D eigenvalue weighted by atomic mass is 35.5. The standard InChI is InChI=1S/C25H21ClN2O5/c1-32-20-6-2-12(8-18(20)26)19(29)11-33-13-3-7-21(27-10-13)28-24(30)22-14-4-5-15(17-9-16(14)17)23(22)25(28)31/h2-8,10,14-17,22-23H,9,11H2,1H3/t14-,15+,16?,17?,22-,23+. The van der Waals surface area contributed by atoms with Crippen LogP contribution in [0.25, 0.3) is 0 Å². The third kappa shape index (κ3) is 3.09. The fourth-order valence-corrected chi connectivity index (χ4v) is 6.10. The van der Waals surface area contributed by atoms with Gasteiger partial charge in [0.15, 0.2) is 12.4 Å². The zero-order valence-electron chi connectivity index (χ0n) is 17.8. The predicted octanol–water partition coefficient (Wildman–Crippen LogP) is 3.56. The third-order valence-corrected chi connectivity index (χ3v) is 7.75. The van der Waals surface area contributed by atoms with Gasteiger partial charge in [-0.15, -0.1) is 0 Å². The van der Waals surface area contributed by atoms with Gasteiger partial charge in [0.1, 0.15) is 17.3 Å². The number of imide groups is 1. The summed E-state index contributed by atoms with van der Waals surface area (Å²) in [7, 11) is 1.50. The number of ether oxygens (including phenoxy) is 2. The minimum Gasteiger partial charge on any atom is -0.495 e. The molecular formula is C25H21ClN2O5. The zero-order valence-corrected chi connectivity index (χ0v) is 18.6. The number of carbonyl (C=O) groups excluding carboxylic acids is 3. The SMILES string of the molecule is COc1ccc(C(=O)COc2ccc(N3C(=O)[C@@H]4[C@H](C3=O)[C@@H]3C=C[C@H]4C4CC43)nc2)cc1Cl. The van der Waals surface area contributed by atoms with Gasteiger partial charge in [0.05, 0.1) is 30.2 Å². The molecule has 7 rings (SSSR count). The molecule has 2 unspecified atom stereocenters. The average molecular weight is 465 g/mol. The number of carbonyl (C=O) groups is 3. The van der Waals surface area contributed by atoms with E-state index in [1.54, 1.807) is 24.3 Å². The van der Waals surface area contributed by atoms with Crippen LogP contribution >= 0.6 is 11.6 Å². The van der Waals surface area contributed by atoms with Crippen molar-refractivity contribution in [2.24, 2.45) is 35.5 Å². The first-order valence-electron chi connectivity index (χ1n) is 11.0. The lowest BCUT2D eigenvalue weighted by atomic mass is 9.63. The number of hydrogen-bond acceptors (Lipinski definition) is 6. The van der Waals surface area contributed by atoms with Gasteiger partial charge < -0.3 is 9.47 Å². The summed E-state index contributed by atoms with van der Waals surface area (Å²) in [5.74, 6) is 1.53. The molecule has 5 aliphatic rings. The van der Waals surface area contributed by atoms with Crippen molar-refractivity contribution in [3.05, 3.63) is 59.3 Å². The maximum Gasteiger partial charge on any atom is 0.239 e. The number of ketones is 1. The first-order valence-corrected chi connectivity index (χ1v) is 11.4. The Hall–Kier alpha value is -3.19. The fourth-order valence-electron chi connectivity index (χ4n) is 5.84. The van der Waals surface area contributed by atoms with Gasteiger partial charge >= 0.3 is 0 Å². The minimum atomic E-state index is -0.261. The quantitative estimate of drug-likeness (QED) is 0.369. The van der Waals surface area contributed by atoms with Gasteiger partial charge in [-0.1, -0.05) is 23.8 Å². The van der Waals surface area contributed by atoms with Crippen LogP contribution in [-0.2, 0) is 9.59 Å². The van der Waals surface area contributed by atoms with Gasteiger partial charge in [-0.2, -0.15) is 0 Å². The van der Waals surface area contributed by atoms with Gasteiger partial charge in [0, 0.05) is 5.56 Å². The van der Waals surface area contributed by atoms with Crippen LogP contribution in [0.2, 0.25) is 5.02 Å². The van der Waals surface area contributed by atoms with Crippen LogP contribution in [0.15, 0.2) is 48.7 Å². The summed E-state index contributed by atoms with van der Waals surface area (Å²) in [6.07, 6.45) is 6.84. The minimum absolute atomic E-state index is 0.151. The lowest BCUT2D eigenvalue weighted by Gasteiger charge is -2.37. The fraction of sp³-hybridized carbons (Fsp3) is 0.360. The molecule has 2 saturated carbocycles.